The molecule has 0 heterocycles. The predicted molar refractivity (Wildman–Crippen MR) is 234 cm³/mol. The fourth-order valence-electron chi connectivity index (χ4n) is 7.37. The Kier molecular flexibility index (Phi) is 17.4. The van der Waals surface area contributed by atoms with Crippen LogP contribution in [0.3, 0.4) is 0 Å². The van der Waals surface area contributed by atoms with E-state index in [-0.39, 0.29) is 22.3 Å². The topological polar surface area (TPSA) is 105 Å². The Hall–Kier alpha value is -4.98. The lowest BCUT2D eigenvalue weighted by atomic mass is 9.94. The minimum absolute atomic E-state index is 0.202. The first-order chi connectivity index (χ1) is 28.3. The second kappa shape index (κ2) is 22.8. The molecule has 0 aromatic heterocycles. The molecule has 0 fully saturated rings. The first kappa shape index (κ1) is 44.1. The van der Waals surface area contributed by atoms with Gasteiger partial charge >= 0.3 is 23.9 Å². The molecule has 0 aliphatic rings. The molecular weight excluding hydrogens is 729 g/mol. The molecule has 0 bridgehead atoms. The fraction of sp³-hybridized carbons (Fsp3) is 0.480. The molecule has 0 unspecified atom stereocenters. The van der Waals surface area contributed by atoms with Crippen molar-refractivity contribution in [3.8, 4) is 0 Å². The number of ether oxygens (including phenoxy) is 4. The molecule has 0 aliphatic heterocycles. The van der Waals surface area contributed by atoms with Gasteiger partial charge in [0.1, 0.15) is 0 Å². The number of hydrogen-bond acceptors (Lipinski definition) is 8. The molecule has 310 valence electrons. The summed E-state index contributed by atoms with van der Waals surface area (Å²) in [6.07, 6.45) is 15.6. The fourth-order valence-corrected chi connectivity index (χ4v) is 7.37. The van der Waals surface area contributed by atoms with Gasteiger partial charge in [0.25, 0.3) is 0 Å². The summed E-state index contributed by atoms with van der Waals surface area (Å²) in [7, 11) is 0. The van der Waals surface area contributed by atoms with Crippen LogP contribution in [0.4, 0.5) is 0 Å². The molecule has 0 saturated heterocycles. The summed E-state index contributed by atoms with van der Waals surface area (Å²) in [5, 5.41) is 6.97. The predicted octanol–water partition coefficient (Wildman–Crippen LogP) is 13.2. The van der Waals surface area contributed by atoms with Crippen LogP contribution >= 0.6 is 0 Å². The van der Waals surface area contributed by atoms with Crippen molar-refractivity contribution in [3.05, 3.63) is 82.9 Å². The van der Waals surface area contributed by atoms with Crippen molar-refractivity contribution in [2.75, 3.05) is 26.4 Å². The lowest BCUT2D eigenvalue weighted by Gasteiger charge is -2.14. The number of unbranched alkanes of at least 4 members (excludes halogenated alkanes) is 12. The van der Waals surface area contributed by atoms with Crippen LogP contribution in [-0.4, -0.2) is 50.3 Å². The standard InChI is InChI=1S/C50H62O8/c1-5-9-13-17-21-55-47(51)43-31-39-27-35-25-37-29-41-33-45(49(53)57-23-19-15-11-7-3)46(50(54)58-24-20-16-12-8-4)34-42(41)30-38(37)26-36(35)28-40(39)32-44(43)48(52)56-22-18-14-10-6-2/h25-34H,5-24H2,1-4H3. The number of carbonyl (C=O) groups excluding carboxylic acids is 4. The maximum absolute atomic E-state index is 13.5. The molecule has 8 heteroatoms. The molecule has 0 radical (unpaired) electrons. The maximum Gasteiger partial charge on any atom is 0.339 e. The number of rotatable bonds is 24. The Morgan fingerprint density at radius 2 is 0.483 bits per heavy atom. The molecule has 5 aromatic rings. The van der Waals surface area contributed by atoms with Crippen molar-refractivity contribution in [3.63, 3.8) is 0 Å². The quantitative estimate of drug-likeness (QED) is 0.0263. The summed E-state index contributed by atoms with van der Waals surface area (Å²) in [5.74, 6) is -2.12. The van der Waals surface area contributed by atoms with Crippen molar-refractivity contribution >= 4 is 67.0 Å². The molecule has 0 saturated carbocycles. The van der Waals surface area contributed by atoms with E-state index in [1.54, 1.807) is 24.3 Å². The van der Waals surface area contributed by atoms with E-state index in [2.05, 4.69) is 39.8 Å². The Morgan fingerprint density at radius 1 is 0.293 bits per heavy atom. The molecule has 8 nitrogen and oxygen atoms in total. The van der Waals surface area contributed by atoms with E-state index < -0.39 is 23.9 Å². The van der Waals surface area contributed by atoms with Gasteiger partial charge in [-0.25, -0.2) is 19.2 Å². The van der Waals surface area contributed by atoms with E-state index in [4.69, 9.17) is 18.9 Å². The molecule has 5 aromatic carbocycles. The second-order valence-electron chi connectivity index (χ2n) is 15.5. The third-order valence-electron chi connectivity index (χ3n) is 10.8. The first-order valence-electron chi connectivity index (χ1n) is 21.9. The van der Waals surface area contributed by atoms with Crippen molar-refractivity contribution in [2.45, 2.75) is 130 Å². The molecule has 5 rings (SSSR count). The Bertz CT molecular complexity index is 1880. The third-order valence-corrected chi connectivity index (χ3v) is 10.8. The molecule has 0 aliphatic carbocycles. The van der Waals surface area contributed by atoms with Gasteiger partial charge in [-0.3, -0.25) is 0 Å². The van der Waals surface area contributed by atoms with Gasteiger partial charge < -0.3 is 18.9 Å². The highest BCUT2D eigenvalue weighted by atomic mass is 16.5. The van der Waals surface area contributed by atoms with Crippen molar-refractivity contribution in [1.29, 1.82) is 0 Å². The highest BCUT2D eigenvalue weighted by Gasteiger charge is 2.23. The number of fused-ring (bicyclic) bond motifs is 4. The second-order valence-corrected chi connectivity index (χ2v) is 15.5. The zero-order chi connectivity index (χ0) is 41.3. The van der Waals surface area contributed by atoms with E-state index in [1.807, 2.05) is 24.3 Å². The van der Waals surface area contributed by atoms with Crippen LogP contribution in [0.2, 0.25) is 0 Å². The van der Waals surface area contributed by atoms with Gasteiger partial charge in [-0.2, -0.15) is 0 Å². The summed E-state index contributed by atoms with van der Waals surface area (Å²) in [4.78, 5) is 53.9. The van der Waals surface area contributed by atoms with Gasteiger partial charge in [0.15, 0.2) is 0 Å². The van der Waals surface area contributed by atoms with Crippen LogP contribution in [0.1, 0.15) is 172 Å². The van der Waals surface area contributed by atoms with Crippen molar-refractivity contribution in [1.82, 2.24) is 0 Å². The van der Waals surface area contributed by atoms with Gasteiger partial charge in [0.2, 0.25) is 0 Å². The Morgan fingerprint density at radius 3 is 0.672 bits per heavy atom. The Balaban J connectivity index is 1.52. The monoisotopic (exact) mass is 790 g/mol. The largest absolute Gasteiger partial charge is 0.462 e. The summed E-state index contributed by atoms with van der Waals surface area (Å²) >= 11 is 0. The molecule has 0 spiro atoms. The van der Waals surface area contributed by atoms with Crippen LogP contribution < -0.4 is 0 Å². The van der Waals surface area contributed by atoms with E-state index in [1.165, 1.54) is 0 Å². The number of carbonyl (C=O) groups is 4. The van der Waals surface area contributed by atoms with Crippen LogP contribution in [0.15, 0.2) is 60.7 Å². The third kappa shape index (κ3) is 12.0. The lowest BCUT2D eigenvalue weighted by molar-refractivity contribution is 0.0451. The minimum Gasteiger partial charge on any atom is -0.462 e. The molecular formula is C50H62O8. The van der Waals surface area contributed by atoms with Gasteiger partial charge in [-0.05, 0) is 129 Å². The van der Waals surface area contributed by atoms with E-state index >= 15 is 0 Å². The van der Waals surface area contributed by atoms with Gasteiger partial charge in [-0.1, -0.05) is 105 Å². The zero-order valence-corrected chi connectivity index (χ0v) is 35.2. The summed E-state index contributed by atoms with van der Waals surface area (Å²) < 4.78 is 22.7. The molecule has 0 N–H and O–H groups in total. The SMILES string of the molecule is CCCCCCOC(=O)c1cc2cc3cc4cc5cc(C(=O)OCCCCCC)c(C(=O)OCCCCCC)cc5cc4cc3cc2cc1C(=O)OCCCCCC. The van der Waals surface area contributed by atoms with Crippen LogP contribution in [0.5, 0.6) is 0 Å². The lowest BCUT2D eigenvalue weighted by Crippen LogP contribution is -2.15. The number of hydrogen-bond donors (Lipinski definition) is 0. The summed E-state index contributed by atoms with van der Waals surface area (Å²) in [6.45, 7) is 9.70. The summed E-state index contributed by atoms with van der Waals surface area (Å²) in [6, 6.07) is 19.2. The van der Waals surface area contributed by atoms with Crippen molar-refractivity contribution < 1.29 is 38.1 Å². The van der Waals surface area contributed by atoms with Crippen molar-refractivity contribution in [2.24, 2.45) is 0 Å². The highest BCUT2D eigenvalue weighted by Crippen LogP contribution is 2.33. The van der Waals surface area contributed by atoms with Gasteiger partial charge in [-0.15, -0.1) is 0 Å². The molecule has 0 amide bonds. The average molecular weight is 791 g/mol. The highest BCUT2D eigenvalue weighted by molar-refractivity contribution is 6.13. The number of esters is 4. The van der Waals surface area contributed by atoms with Gasteiger partial charge in [0.05, 0.1) is 48.7 Å². The number of benzene rings is 5. The average Bonchev–Trinajstić information content (AvgIpc) is 3.22. The maximum atomic E-state index is 13.5. The van der Waals surface area contributed by atoms with Crippen LogP contribution in [0.25, 0.3) is 43.1 Å². The zero-order valence-electron chi connectivity index (χ0n) is 35.2. The smallest absolute Gasteiger partial charge is 0.339 e. The Labute approximate surface area is 343 Å². The first-order valence-corrected chi connectivity index (χ1v) is 21.9. The summed E-state index contributed by atoms with van der Waals surface area (Å²) in [5.41, 5.74) is 0.806. The normalized spacial score (nSPS) is 11.4. The van der Waals surface area contributed by atoms with E-state index in [0.29, 0.717) is 26.4 Å². The van der Waals surface area contributed by atoms with E-state index in [9.17, 15) is 19.2 Å². The molecule has 0 atom stereocenters. The molecule has 58 heavy (non-hydrogen) atoms. The van der Waals surface area contributed by atoms with Crippen LogP contribution in [-0.2, 0) is 18.9 Å². The minimum atomic E-state index is -0.531. The van der Waals surface area contributed by atoms with Gasteiger partial charge in [0, 0.05) is 0 Å². The van der Waals surface area contributed by atoms with Crippen LogP contribution in [0, 0.1) is 0 Å². The van der Waals surface area contributed by atoms with E-state index in [0.717, 1.165) is 146 Å².